The van der Waals surface area contributed by atoms with Crippen molar-refractivity contribution >= 4 is 16.7 Å². The molecule has 1 heterocycles. The number of nitrogens with one attached hydrogen (secondary N) is 3. The normalized spacial score (nSPS) is 17.6. The molecule has 106 valence electrons. The molecule has 0 spiro atoms. The topological polar surface area (TPSA) is 60.7 Å². The van der Waals surface area contributed by atoms with Crippen LogP contribution in [0.1, 0.15) is 17.5 Å². The highest BCUT2D eigenvalue weighted by Crippen LogP contribution is 2.24. The van der Waals surface area contributed by atoms with Gasteiger partial charge in [0.15, 0.2) is 0 Å². The number of benzene rings is 2. The summed E-state index contributed by atoms with van der Waals surface area (Å²) in [5.41, 5.74) is 5.51. The Kier molecular flexibility index (Phi) is 2.81. The third-order valence-corrected chi connectivity index (χ3v) is 4.23. The molecular formula is C17H17N3O. The van der Waals surface area contributed by atoms with Gasteiger partial charge < -0.3 is 15.3 Å². The fourth-order valence-electron chi connectivity index (χ4n) is 3.18. The lowest BCUT2D eigenvalue weighted by Gasteiger charge is -2.26. The van der Waals surface area contributed by atoms with Crippen molar-refractivity contribution in [3.63, 3.8) is 0 Å². The average molecular weight is 279 g/mol. The maximum Gasteiger partial charge on any atom is 0.323 e. The first-order valence-corrected chi connectivity index (χ1v) is 7.33. The van der Waals surface area contributed by atoms with Gasteiger partial charge in [0.2, 0.25) is 0 Å². The van der Waals surface area contributed by atoms with Gasteiger partial charge in [0.25, 0.3) is 0 Å². The molecule has 4 nitrogen and oxygen atoms in total. The van der Waals surface area contributed by atoms with Crippen LogP contribution in [0.2, 0.25) is 0 Å². The number of aromatic amines is 2. The SMILES string of the molecule is O=c1[nH]c2ccc(NC3CCc4ccccc4C3)cc2[nH]1. The first-order chi connectivity index (χ1) is 10.3. The van der Waals surface area contributed by atoms with Crippen molar-refractivity contribution < 1.29 is 0 Å². The van der Waals surface area contributed by atoms with Crippen molar-refractivity contribution in [2.45, 2.75) is 25.3 Å². The number of aromatic nitrogens is 2. The third kappa shape index (κ3) is 2.33. The highest BCUT2D eigenvalue weighted by Gasteiger charge is 2.18. The van der Waals surface area contributed by atoms with Gasteiger partial charge in [-0.25, -0.2) is 4.79 Å². The van der Waals surface area contributed by atoms with E-state index in [0.29, 0.717) is 6.04 Å². The molecule has 21 heavy (non-hydrogen) atoms. The number of anilines is 1. The number of aryl methyl sites for hydroxylation is 1. The lowest BCUT2D eigenvalue weighted by atomic mass is 9.88. The van der Waals surface area contributed by atoms with Crippen LogP contribution in [-0.4, -0.2) is 16.0 Å². The summed E-state index contributed by atoms with van der Waals surface area (Å²) in [7, 11) is 0. The zero-order valence-corrected chi connectivity index (χ0v) is 11.6. The zero-order valence-electron chi connectivity index (χ0n) is 11.6. The summed E-state index contributed by atoms with van der Waals surface area (Å²) in [6.45, 7) is 0. The van der Waals surface area contributed by atoms with Gasteiger partial charge in [0, 0.05) is 11.7 Å². The number of fused-ring (bicyclic) bond motifs is 2. The van der Waals surface area contributed by atoms with E-state index in [9.17, 15) is 4.79 Å². The van der Waals surface area contributed by atoms with Gasteiger partial charge in [-0.2, -0.15) is 0 Å². The van der Waals surface area contributed by atoms with E-state index in [0.717, 1.165) is 36.0 Å². The zero-order chi connectivity index (χ0) is 14.2. The predicted molar refractivity (Wildman–Crippen MR) is 84.8 cm³/mol. The number of rotatable bonds is 2. The van der Waals surface area contributed by atoms with Crippen LogP contribution in [0.4, 0.5) is 5.69 Å². The number of imidazole rings is 1. The van der Waals surface area contributed by atoms with Gasteiger partial charge in [-0.3, -0.25) is 0 Å². The van der Waals surface area contributed by atoms with Crippen molar-refractivity contribution in [1.82, 2.24) is 9.97 Å². The Morgan fingerprint density at radius 2 is 1.81 bits per heavy atom. The molecule has 0 bridgehead atoms. The molecule has 0 amide bonds. The molecule has 2 aromatic carbocycles. The second-order valence-corrected chi connectivity index (χ2v) is 5.69. The second-order valence-electron chi connectivity index (χ2n) is 5.69. The van der Waals surface area contributed by atoms with E-state index in [1.165, 1.54) is 11.1 Å². The lowest BCUT2D eigenvalue weighted by Crippen LogP contribution is -2.27. The number of H-pyrrole nitrogens is 2. The predicted octanol–water partition coefficient (Wildman–Crippen LogP) is 2.83. The van der Waals surface area contributed by atoms with Gasteiger partial charge in [-0.15, -0.1) is 0 Å². The summed E-state index contributed by atoms with van der Waals surface area (Å²) in [5, 5.41) is 3.59. The van der Waals surface area contributed by atoms with Gasteiger partial charge in [-0.1, -0.05) is 24.3 Å². The number of hydrogen-bond donors (Lipinski definition) is 3. The minimum absolute atomic E-state index is 0.159. The molecule has 0 aliphatic heterocycles. The minimum Gasteiger partial charge on any atom is -0.382 e. The molecule has 3 N–H and O–H groups in total. The van der Waals surface area contributed by atoms with Crippen molar-refractivity contribution in [2.75, 3.05) is 5.32 Å². The molecule has 1 aromatic heterocycles. The summed E-state index contributed by atoms with van der Waals surface area (Å²) < 4.78 is 0. The molecule has 1 aliphatic rings. The summed E-state index contributed by atoms with van der Waals surface area (Å²) in [6, 6.07) is 15.1. The highest BCUT2D eigenvalue weighted by atomic mass is 16.1. The Balaban J connectivity index is 1.56. The van der Waals surface area contributed by atoms with Crippen LogP contribution in [0.15, 0.2) is 47.3 Å². The first-order valence-electron chi connectivity index (χ1n) is 7.33. The van der Waals surface area contributed by atoms with Crippen LogP contribution in [0.3, 0.4) is 0 Å². The summed E-state index contributed by atoms with van der Waals surface area (Å²) in [5.74, 6) is 0. The maximum absolute atomic E-state index is 11.3. The van der Waals surface area contributed by atoms with E-state index in [1.54, 1.807) is 0 Å². The lowest BCUT2D eigenvalue weighted by molar-refractivity contribution is 0.611. The third-order valence-electron chi connectivity index (χ3n) is 4.23. The van der Waals surface area contributed by atoms with Crippen LogP contribution >= 0.6 is 0 Å². The Bertz CT molecular complexity index is 846. The Morgan fingerprint density at radius 1 is 1.00 bits per heavy atom. The fourth-order valence-corrected chi connectivity index (χ4v) is 3.18. The monoisotopic (exact) mass is 279 g/mol. The minimum atomic E-state index is -0.159. The fraction of sp³-hybridized carbons (Fsp3) is 0.235. The second kappa shape index (κ2) is 4.81. The average Bonchev–Trinajstić information content (AvgIpc) is 2.86. The van der Waals surface area contributed by atoms with Crippen LogP contribution in [-0.2, 0) is 12.8 Å². The van der Waals surface area contributed by atoms with Crippen molar-refractivity contribution in [3.05, 3.63) is 64.1 Å². The summed E-state index contributed by atoms with van der Waals surface area (Å²) in [4.78, 5) is 16.9. The molecule has 3 aromatic rings. The Morgan fingerprint density at radius 3 is 2.71 bits per heavy atom. The van der Waals surface area contributed by atoms with Crippen molar-refractivity contribution in [1.29, 1.82) is 0 Å². The van der Waals surface area contributed by atoms with Gasteiger partial charge in [0.1, 0.15) is 0 Å². The van der Waals surface area contributed by atoms with Crippen molar-refractivity contribution in [3.8, 4) is 0 Å². The molecule has 1 atom stereocenters. The molecule has 1 unspecified atom stereocenters. The summed E-state index contributed by atoms with van der Waals surface area (Å²) in [6.07, 6.45) is 3.31. The van der Waals surface area contributed by atoms with E-state index < -0.39 is 0 Å². The van der Waals surface area contributed by atoms with Crippen molar-refractivity contribution in [2.24, 2.45) is 0 Å². The standard InChI is InChI=1S/C17H17N3O/c21-17-19-15-8-7-14(10-16(15)20-17)18-13-6-5-11-3-1-2-4-12(11)9-13/h1-4,7-8,10,13,18H,5-6,9H2,(H2,19,20,21). The molecule has 0 radical (unpaired) electrons. The van der Waals surface area contributed by atoms with Crippen LogP contribution in [0, 0.1) is 0 Å². The van der Waals surface area contributed by atoms with Crippen LogP contribution in [0.5, 0.6) is 0 Å². The highest BCUT2D eigenvalue weighted by molar-refractivity contribution is 5.78. The quantitative estimate of drug-likeness (QED) is 0.675. The van der Waals surface area contributed by atoms with Gasteiger partial charge in [0.05, 0.1) is 11.0 Å². The first kappa shape index (κ1) is 12.3. The van der Waals surface area contributed by atoms with Gasteiger partial charge in [-0.05, 0) is 48.6 Å². The van der Waals surface area contributed by atoms with E-state index in [4.69, 9.17) is 0 Å². The Labute approximate surface area is 122 Å². The molecule has 0 saturated heterocycles. The molecule has 4 heteroatoms. The van der Waals surface area contributed by atoms with E-state index >= 15 is 0 Å². The smallest absolute Gasteiger partial charge is 0.323 e. The molecule has 0 fully saturated rings. The molecule has 0 saturated carbocycles. The van der Waals surface area contributed by atoms with Crippen LogP contribution in [0.25, 0.3) is 11.0 Å². The Hall–Kier alpha value is -2.49. The molecular weight excluding hydrogens is 262 g/mol. The van der Waals surface area contributed by atoms with Crippen LogP contribution < -0.4 is 11.0 Å². The molecule has 4 rings (SSSR count). The number of hydrogen-bond acceptors (Lipinski definition) is 2. The van der Waals surface area contributed by atoms with E-state index in [2.05, 4.69) is 39.6 Å². The summed E-state index contributed by atoms with van der Waals surface area (Å²) >= 11 is 0. The van der Waals surface area contributed by atoms with E-state index in [1.807, 2.05) is 18.2 Å². The molecule has 1 aliphatic carbocycles. The van der Waals surface area contributed by atoms with Gasteiger partial charge >= 0.3 is 5.69 Å². The maximum atomic E-state index is 11.3. The largest absolute Gasteiger partial charge is 0.382 e. The van der Waals surface area contributed by atoms with E-state index in [-0.39, 0.29) is 5.69 Å².